The summed E-state index contributed by atoms with van der Waals surface area (Å²) in [5.74, 6) is 5.42. The van der Waals surface area contributed by atoms with E-state index < -0.39 is 24.1 Å². The third-order valence-corrected chi connectivity index (χ3v) is 5.32. The third-order valence-electron chi connectivity index (χ3n) is 5.32. The molecule has 0 spiro atoms. The number of rotatable bonds is 4. The molecule has 3 N–H and O–H groups in total. The SMILES string of the molecule is C[C@@H](O)[C@H](NC(=O)N1CCC(c2ccc(C#Cc3ccccc3)cc2)CC1)C(=O)O. The largest absolute Gasteiger partial charge is 0.480 e. The van der Waals surface area contributed by atoms with E-state index in [1.54, 1.807) is 4.90 Å². The second kappa shape index (κ2) is 9.95. The fraction of sp³-hybridized carbons (Fsp3) is 0.333. The van der Waals surface area contributed by atoms with Crippen molar-refractivity contribution in [3.8, 4) is 11.8 Å². The van der Waals surface area contributed by atoms with E-state index in [9.17, 15) is 14.7 Å². The van der Waals surface area contributed by atoms with Gasteiger partial charge in [0.25, 0.3) is 0 Å². The van der Waals surface area contributed by atoms with Crippen LogP contribution in [0.5, 0.6) is 0 Å². The summed E-state index contributed by atoms with van der Waals surface area (Å²) in [4.78, 5) is 25.1. The summed E-state index contributed by atoms with van der Waals surface area (Å²) in [6.45, 7) is 2.43. The molecule has 156 valence electrons. The number of aliphatic hydroxyl groups excluding tert-OH is 1. The lowest BCUT2D eigenvalue weighted by Gasteiger charge is -2.33. The maximum Gasteiger partial charge on any atom is 0.328 e. The Morgan fingerprint density at radius 2 is 1.57 bits per heavy atom. The first-order valence-electron chi connectivity index (χ1n) is 10.1. The smallest absolute Gasteiger partial charge is 0.328 e. The van der Waals surface area contributed by atoms with Crippen molar-refractivity contribution in [3.05, 3.63) is 71.3 Å². The van der Waals surface area contributed by atoms with Gasteiger partial charge < -0.3 is 20.4 Å². The Labute approximate surface area is 176 Å². The van der Waals surface area contributed by atoms with Crippen LogP contribution in [0.2, 0.25) is 0 Å². The van der Waals surface area contributed by atoms with Crippen molar-refractivity contribution >= 4 is 12.0 Å². The highest BCUT2D eigenvalue weighted by Crippen LogP contribution is 2.28. The number of urea groups is 1. The van der Waals surface area contributed by atoms with Crippen LogP contribution in [0, 0.1) is 11.8 Å². The van der Waals surface area contributed by atoms with Crippen molar-refractivity contribution in [1.29, 1.82) is 0 Å². The second-order valence-electron chi connectivity index (χ2n) is 7.51. The number of carboxylic acids is 1. The van der Waals surface area contributed by atoms with Crippen LogP contribution in [0.3, 0.4) is 0 Å². The van der Waals surface area contributed by atoms with Gasteiger partial charge in [0.15, 0.2) is 6.04 Å². The minimum absolute atomic E-state index is 0.345. The van der Waals surface area contributed by atoms with Crippen molar-refractivity contribution in [2.45, 2.75) is 37.8 Å². The number of benzene rings is 2. The van der Waals surface area contributed by atoms with E-state index in [4.69, 9.17) is 5.11 Å². The summed E-state index contributed by atoms with van der Waals surface area (Å²) in [5, 5.41) is 21.0. The monoisotopic (exact) mass is 406 g/mol. The molecule has 0 bridgehead atoms. The van der Waals surface area contributed by atoms with Crippen molar-refractivity contribution in [2.24, 2.45) is 0 Å². The second-order valence-corrected chi connectivity index (χ2v) is 7.51. The van der Waals surface area contributed by atoms with Gasteiger partial charge in [-0.15, -0.1) is 0 Å². The molecule has 6 heteroatoms. The number of aliphatic carboxylic acids is 1. The van der Waals surface area contributed by atoms with Gasteiger partial charge in [-0.05, 0) is 55.5 Å². The first kappa shape index (κ1) is 21.4. The van der Waals surface area contributed by atoms with Gasteiger partial charge in [0, 0.05) is 24.2 Å². The number of piperidine rings is 1. The fourth-order valence-corrected chi connectivity index (χ4v) is 3.53. The molecule has 2 aromatic rings. The summed E-state index contributed by atoms with van der Waals surface area (Å²) in [5.41, 5.74) is 3.15. The number of hydrogen-bond donors (Lipinski definition) is 3. The van der Waals surface area contributed by atoms with Gasteiger partial charge >= 0.3 is 12.0 Å². The van der Waals surface area contributed by atoms with Crippen LogP contribution < -0.4 is 5.32 Å². The third kappa shape index (κ3) is 5.62. The summed E-state index contributed by atoms with van der Waals surface area (Å²) in [6.07, 6.45) is 0.441. The Hall–Kier alpha value is -3.30. The van der Waals surface area contributed by atoms with Gasteiger partial charge in [0.1, 0.15) is 0 Å². The lowest BCUT2D eigenvalue weighted by atomic mass is 9.89. The summed E-state index contributed by atoms with van der Waals surface area (Å²) >= 11 is 0. The number of carbonyl (C=O) groups excluding carboxylic acids is 1. The van der Waals surface area contributed by atoms with Crippen LogP contribution in [-0.4, -0.2) is 52.3 Å². The number of likely N-dealkylation sites (tertiary alicyclic amines) is 1. The van der Waals surface area contributed by atoms with Crippen molar-refractivity contribution < 1.29 is 19.8 Å². The molecule has 3 rings (SSSR count). The van der Waals surface area contributed by atoms with Crippen LogP contribution in [0.15, 0.2) is 54.6 Å². The van der Waals surface area contributed by atoms with Crippen molar-refractivity contribution in [1.82, 2.24) is 10.2 Å². The normalized spacial score (nSPS) is 16.1. The van der Waals surface area contributed by atoms with E-state index in [0.29, 0.717) is 19.0 Å². The number of carbonyl (C=O) groups is 2. The van der Waals surface area contributed by atoms with Gasteiger partial charge in [-0.3, -0.25) is 0 Å². The molecule has 1 heterocycles. The average molecular weight is 406 g/mol. The van der Waals surface area contributed by atoms with Crippen molar-refractivity contribution in [2.75, 3.05) is 13.1 Å². The first-order chi connectivity index (χ1) is 14.4. The molecule has 0 aliphatic carbocycles. The molecule has 2 aromatic carbocycles. The molecule has 1 fully saturated rings. The van der Waals surface area contributed by atoms with E-state index >= 15 is 0 Å². The predicted octanol–water partition coefficient (Wildman–Crippen LogP) is 2.81. The Morgan fingerprint density at radius 3 is 2.10 bits per heavy atom. The molecule has 0 unspecified atom stereocenters. The molecule has 0 saturated carbocycles. The first-order valence-corrected chi connectivity index (χ1v) is 10.1. The minimum atomic E-state index is -1.31. The number of hydrogen-bond acceptors (Lipinski definition) is 3. The van der Waals surface area contributed by atoms with E-state index in [2.05, 4.69) is 29.3 Å². The van der Waals surface area contributed by atoms with Gasteiger partial charge in [-0.1, -0.05) is 42.2 Å². The lowest BCUT2D eigenvalue weighted by Crippen LogP contribution is -2.53. The minimum Gasteiger partial charge on any atom is -0.480 e. The van der Waals surface area contributed by atoms with Crippen LogP contribution in [0.4, 0.5) is 4.79 Å². The molecule has 30 heavy (non-hydrogen) atoms. The zero-order valence-electron chi connectivity index (χ0n) is 16.9. The maximum absolute atomic E-state index is 12.3. The van der Waals surface area contributed by atoms with E-state index in [1.807, 2.05) is 42.5 Å². The standard InChI is InChI=1S/C24H26N2O4/c1-17(27)22(23(28)29)25-24(30)26-15-13-21(14-16-26)20-11-9-19(10-12-20)8-7-18-5-3-2-4-6-18/h2-6,9-12,17,21-22,27H,13-16H2,1H3,(H,25,30)(H,28,29)/t17-,22+/m1/s1. The average Bonchev–Trinajstić information content (AvgIpc) is 2.76. The Kier molecular flexibility index (Phi) is 7.10. The van der Waals surface area contributed by atoms with Crippen LogP contribution in [0.1, 0.15) is 42.4 Å². The van der Waals surface area contributed by atoms with E-state index in [0.717, 1.165) is 24.0 Å². The number of nitrogens with one attached hydrogen (secondary N) is 1. The van der Waals surface area contributed by atoms with Crippen LogP contribution >= 0.6 is 0 Å². The molecular formula is C24H26N2O4. The van der Waals surface area contributed by atoms with Gasteiger partial charge in [-0.2, -0.15) is 0 Å². The number of carboxylic acid groups (broad SMARTS) is 1. The summed E-state index contributed by atoms with van der Waals surface area (Å²) < 4.78 is 0. The van der Waals surface area contributed by atoms with Gasteiger partial charge in [0.05, 0.1) is 6.10 Å². The number of aliphatic hydroxyl groups is 1. The molecule has 2 amide bonds. The van der Waals surface area contributed by atoms with Gasteiger partial charge in [-0.25, -0.2) is 9.59 Å². The Morgan fingerprint density at radius 1 is 1.00 bits per heavy atom. The predicted molar refractivity (Wildman–Crippen MR) is 114 cm³/mol. The van der Waals surface area contributed by atoms with E-state index in [1.165, 1.54) is 12.5 Å². The molecule has 6 nitrogen and oxygen atoms in total. The highest BCUT2D eigenvalue weighted by molar-refractivity contribution is 5.83. The zero-order chi connectivity index (χ0) is 21.5. The van der Waals surface area contributed by atoms with Crippen LogP contribution in [-0.2, 0) is 4.79 Å². The van der Waals surface area contributed by atoms with E-state index in [-0.39, 0.29) is 0 Å². The van der Waals surface area contributed by atoms with Gasteiger partial charge in [0.2, 0.25) is 0 Å². The maximum atomic E-state index is 12.3. The quantitative estimate of drug-likeness (QED) is 0.681. The van der Waals surface area contributed by atoms with Crippen LogP contribution in [0.25, 0.3) is 0 Å². The molecule has 2 atom stereocenters. The summed E-state index contributed by atoms with van der Waals surface area (Å²) in [6, 6.07) is 16.3. The Balaban J connectivity index is 1.54. The topological polar surface area (TPSA) is 89.9 Å². The molecule has 1 aliphatic heterocycles. The number of amides is 2. The van der Waals surface area contributed by atoms with Crippen molar-refractivity contribution in [3.63, 3.8) is 0 Å². The zero-order valence-corrected chi connectivity index (χ0v) is 16.9. The molecular weight excluding hydrogens is 380 g/mol. The number of nitrogens with zero attached hydrogens (tertiary/aromatic N) is 1. The molecule has 1 saturated heterocycles. The highest BCUT2D eigenvalue weighted by Gasteiger charge is 2.29. The highest BCUT2D eigenvalue weighted by atomic mass is 16.4. The molecule has 0 radical (unpaired) electrons. The fourth-order valence-electron chi connectivity index (χ4n) is 3.53. The molecule has 1 aliphatic rings. The summed E-state index contributed by atoms with van der Waals surface area (Å²) in [7, 11) is 0. The lowest BCUT2D eigenvalue weighted by molar-refractivity contribution is -0.141. The molecule has 0 aromatic heterocycles. The Bertz CT molecular complexity index is 921.